The fraction of sp³-hybridized carbons (Fsp3) is 0.583. The molecule has 2 atom stereocenters. The van der Waals surface area contributed by atoms with Gasteiger partial charge in [0, 0.05) is 12.2 Å². The average Bonchev–Trinajstić information content (AvgIpc) is 2.21. The first kappa shape index (κ1) is 13.3. The zero-order valence-electron chi connectivity index (χ0n) is 10.1. The molecular formula is C12H20ClN3. The molecule has 1 aromatic rings. The largest absolute Gasteiger partial charge is 0.383 e. The maximum atomic E-state index is 5.92. The first-order valence-corrected chi connectivity index (χ1v) is 6.06. The van der Waals surface area contributed by atoms with Gasteiger partial charge in [-0.25, -0.2) is 4.98 Å². The lowest BCUT2D eigenvalue weighted by Crippen LogP contribution is -2.27. The standard InChI is InChI=1S/C12H20ClN3/c1-4-15-9(3)5-8(2)11-6-10(13)7-16-12(11)14/h6-9,15H,4-5H2,1-3H3,(H2,14,16). The zero-order valence-corrected chi connectivity index (χ0v) is 10.9. The van der Waals surface area contributed by atoms with Gasteiger partial charge in [0.05, 0.1) is 5.02 Å². The highest BCUT2D eigenvalue weighted by molar-refractivity contribution is 6.30. The van der Waals surface area contributed by atoms with E-state index in [4.69, 9.17) is 17.3 Å². The molecule has 0 radical (unpaired) electrons. The summed E-state index contributed by atoms with van der Waals surface area (Å²) in [7, 11) is 0. The Morgan fingerprint density at radius 1 is 1.50 bits per heavy atom. The molecule has 0 aromatic carbocycles. The molecule has 0 spiro atoms. The Bertz CT molecular complexity index is 341. The molecule has 0 aliphatic carbocycles. The smallest absolute Gasteiger partial charge is 0.126 e. The lowest BCUT2D eigenvalue weighted by atomic mass is 9.95. The van der Waals surface area contributed by atoms with Crippen molar-refractivity contribution in [1.82, 2.24) is 10.3 Å². The van der Waals surface area contributed by atoms with Crippen molar-refractivity contribution in [2.75, 3.05) is 12.3 Å². The van der Waals surface area contributed by atoms with Crippen LogP contribution in [0.1, 0.15) is 38.7 Å². The Kier molecular flexibility index (Phi) is 5.03. The predicted molar refractivity (Wildman–Crippen MR) is 69.8 cm³/mol. The summed E-state index contributed by atoms with van der Waals surface area (Å²) in [5.74, 6) is 0.945. The van der Waals surface area contributed by atoms with Gasteiger partial charge in [-0.2, -0.15) is 0 Å². The highest BCUT2D eigenvalue weighted by Gasteiger charge is 2.13. The first-order valence-electron chi connectivity index (χ1n) is 5.68. The van der Waals surface area contributed by atoms with E-state index in [1.54, 1.807) is 6.20 Å². The molecule has 2 unspecified atom stereocenters. The minimum absolute atomic E-state index is 0.361. The van der Waals surface area contributed by atoms with Crippen LogP contribution < -0.4 is 11.1 Å². The molecule has 0 saturated carbocycles. The van der Waals surface area contributed by atoms with E-state index in [0.717, 1.165) is 18.5 Å². The molecule has 3 nitrogen and oxygen atoms in total. The van der Waals surface area contributed by atoms with Gasteiger partial charge >= 0.3 is 0 Å². The van der Waals surface area contributed by atoms with Crippen LogP contribution in [0.3, 0.4) is 0 Å². The Balaban J connectivity index is 2.72. The molecule has 0 fully saturated rings. The van der Waals surface area contributed by atoms with Crippen molar-refractivity contribution in [2.45, 2.75) is 39.2 Å². The highest BCUT2D eigenvalue weighted by Crippen LogP contribution is 2.26. The van der Waals surface area contributed by atoms with Gasteiger partial charge in [-0.3, -0.25) is 0 Å². The van der Waals surface area contributed by atoms with E-state index < -0.39 is 0 Å². The Labute approximate surface area is 102 Å². The number of nitrogens with two attached hydrogens (primary N) is 1. The number of nitrogen functional groups attached to an aromatic ring is 1. The van der Waals surface area contributed by atoms with E-state index in [2.05, 4.69) is 31.1 Å². The van der Waals surface area contributed by atoms with Gasteiger partial charge < -0.3 is 11.1 Å². The lowest BCUT2D eigenvalue weighted by Gasteiger charge is -2.19. The molecular weight excluding hydrogens is 222 g/mol. The summed E-state index contributed by atoms with van der Waals surface area (Å²) in [6.07, 6.45) is 2.61. The SMILES string of the molecule is CCNC(C)CC(C)c1cc(Cl)cnc1N. The van der Waals surface area contributed by atoms with Crippen molar-refractivity contribution in [3.05, 3.63) is 22.8 Å². The average molecular weight is 242 g/mol. The molecule has 90 valence electrons. The Hall–Kier alpha value is -0.800. The topological polar surface area (TPSA) is 50.9 Å². The van der Waals surface area contributed by atoms with Crippen LogP contribution in [0.15, 0.2) is 12.3 Å². The molecule has 1 heterocycles. The summed E-state index contributed by atoms with van der Waals surface area (Å²) < 4.78 is 0. The van der Waals surface area contributed by atoms with Gasteiger partial charge in [-0.05, 0) is 37.4 Å². The monoisotopic (exact) mass is 241 g/mol. The number of hydrogen-bond donors (Lipinski definition) is 2. The molecule has 4 heteroatoms. The second kappa shape index (κ2) is 6.06. The second-order valence-corrected chi connectivity index (χ2v) is 4.66. The molecule has 3 N–H and O–H groups in total. The van der Waals surface area contributed by atoms with Crippen LogP contribution in [-0.2, 0) is 0 Å². The number of nitrogens with one attached hydrogen (secondary N) is 1. The number of nitrogens with zero attached hydrogens (tertiary/aromatic N) is 1. The number of pyridine rings is 1. The van der Waals surface area contributed by atoms with Crippen molar-refractivity contribution in [2.24, 2.45) is 0 Å². The van der Waals surface area contributed by atoms with Gasteiger partial charge in [0.2, 0.25) is 0 Å². The van der Waals surface area contributed by atoms with Crippen LogP contribution in [-0.4, -0.2) is 17.6 Å². The van der Waals surface area contributed by atoms with E-state index in [9.17, 15) is 0 Å². The normalized spacial score (nSPS) is 14.8. The van der Waals surface area contributed by atoms with Crippen LogP contribution in [0, 0.1) is 0 Å². The van der Waals surface area contributed by atoms with Gasteiger partial charge in [0.15, 0.2) is 0 Å². The quantitative estimate of drug-likeness (QED) is 0.834. The summed E-state index contributed by atoms with van der Waals surface area (Å²) in [6, 6.07) is 2.38. The minimum Gasteiger partial charge on any atom is -0.383 e. The van der Waals surface area contributed by atoms with Crippen molar-refractivity contribution in [1.29, 1.82) is 0 Å². The number of halogens is 1. The molecule has 16 heavy (non-hydrogen) atoms. The maximum absolute atomic E-state index is 5.92. The van der Waals surface area contributed by atoms with Crippen LogP contribution in [0.5, 0.6) is 0 Å². The third-order valence-corrected chi connectivity index (χ3v) is 2.91. The summed E-state index contributed by atoms with van der Waals surface area (Å²) in [5.41, 5.74) is 6.89. The first-order chi connectivity index (χ1) is 7.54. The van der Waals surface area contributed by atoms with Crippen LogP contribution in [0.25, 0.3) is 0 Å². The summed E-state index contributed by atoms with van der Waals surface area (Å²) in [6.45, 7) is 7.42. The van der Waals surface area contributed by atoms with Crippen molar-refractivity contribution in [3.8, 4) is 0 Å². The summed E-state index contributed by atoms with van der Waals surface area (Å²) in [4.78, 5) is 4.08. The van der Waals surface area contributed by atoms with Crippen LogP contribution in [0.2, 0.25) is 5.02 Å². The van der Waals surface area contributed by atoms with Gasteiger partial charge in [0.1, 0.15) is 5.82 Å². The highest BCUT2D eigenvalue weighted by atomic mass is 35.5. The number of hydrogen-bond acceptors (Lipinski definition) is 3. The number of anilines is 1. The van der Waals surface area contributed by atoms with Gasteiger partial charge in [0.25, 0.3) is 0 Å². The Morgan fingerprint density at radius 2 is 2.19 bits per heavy atom. The van der Waals surface area contributed by atoms with Crippen molar-refractivity contribution in [3.63, 3.8) is 0 Å². The van der Waals surface area contributed by atoms with E-state index in [0.29, 0.717) is 22.8 Å². The zero-order chi connectivity index (χ0) is 12.1. The molecule has 1 aromatic heterocycles. The third-order valence-electron chi connectivity index (χ3n) is 2.71. The minimum atomic E-state index is 0.361. The molecule has 1 rings (SSSR count). The van der Waals surface area contributed by atoms with Crippen molar-refractivity contribution >= 4 is 17.4 Å². The lowest BCUT2D eigenvalue weighted by molar-refractivity contribution is 0.491. The van der Waals surface area contributed by atoms with E-state index in [-0.39, 0.29) is 0 Å². The summed E-state index contributed by atoms with van der Waals surface area (Å²) in [5, 5.41) is 4.03. The van der Waals surface area contributed by atoms with E-state index in [1.807, 2.05) is 6.07 Å². The van der Waals surface area contributed by atoms with Crippen LogP contribution in [0.4, 0.5) is 5.82 Å². The van der Waals surface area contributed by atoms with Crippen molar-refractivity contribution < 1.29 is 0 Å². The molecule has 0 amide bonds. The van der Waals surface area contributed by atoms with E-state index in [1.165, 1.54) is 0 Å². The Morgan fingerprint density at radius 3 is 2.81 bits per heavy atom. The van der Waals surface area contributed by atoms with E-state index >= 15 is 0 Å². The molecule has 0 saturated heterocycles. The molecule has 0 aliphatic heterocycles. The molecule has 0 bridgehead atoms. The fourth-order valence-corrected chi connectivity index (χ4v) is 2.12. The summed E-state index contributed by atoms with van der Waals surface area (Å²) >= 11 is 5.92. The van der Waals surface area contributed by atoms with Gasteiger partial charge in [-0.1, -0.05) is 25.4 Å². The molecule has 0 aliphatic rings. The second-order valence-electron chi connectivity index (χ2n) is 4.22. The van der Waals surface area contributed by atoms with Gasteiger partial charge in [-0.15, -0.1) is 0 Å². The maximum Gasteiger partial charge on any atom is 0.126 e. The number of aromatic nitrogens is 1. The predicted octanol–water partition coefficient (Wildman–Crippen LogP) is 2.81. The fourth-order valence-electron chi connectivity index (χ4n) is 1.95. The number of rotatable bonds is 5. The van der Waals surface area contributed by atoms with Crippen LogP contribution >= 0.6 is 11.6 Å². The third kappa shape index (κ3) is 3.65.